The van der Waals surface area contributed by atoms with E-state index < -0.39 is 72.6 Å². The first-order valence-corrected chi connectivity index (χ1v) is 13.9. The number of anilines is 1. The molecule has 16 heteroatoms. The molecule has 2 aliphatic rings. The van der Waals surface area contributed by atoms with Crippen molar-refractivity contribution in [2.45, 2.75) is 49.0 Å². The second-order valence-corrected chi connectivity index (χ2v) is 11.0. The van der Waals surface area contributed by atoms with Crippen LogP contribution in [-0.4, -0.2) is 99.7 Å². The molecule has 7 atom stereocenters. The molecule has 43 heavy (non-hydrogen) atoms. The van der Waals surface area contributed by atoms with E-state index in [-0.39, 0.29) is 46.6 Å². The number of methoxy groups -OCH3 is 1. The lowest BCUT2D eigenvalue weighted by atomic mass is 9.90. The van der Waals surface area contributed by atoms with Crippen molar-refractivity contribution < 1.29 is 47.5 Å². The van der Waals surface area contributed by atoms with Gasteiger partial charge in [0.15, 0.2) is 23.6 Å². The maximum absolute atomic E-state index is 14.4. The number of hydrogen-bond acceptors (Lipinski definition) is 9. The Kier molecular flexibility index (Phi) is 9.58. The average Bonchev–Trinajstić information content (AvgIpc) is 3.45. The van der Waals surface area contributed by atoms with E-state index in [4.69, 9.17) is 37.4 Å². The molecular formula is C27H27Cl2F3N4O7. The minimum Gasteiger partial charge on any atom is -0.394 e. The standard InChI is InChI=1S/C27H27Cl2F3N4O7/c1-41-25-23(35-9-18(33-34-35)12-4-16(30)22(32)17(31)5-12)24(39)21(10-37)43-26(25)27(40)36(19-2-3-42-11-20(19)38)15-7-13(28)6-14(29)8-15/h4-9,19-21,23-26,37-39H,2-3,10-11H2,1H3/t19-,20-,21?,23?,24?,25?,26?/m0/s1. The topological polar surface area (TPSA) is 139 Å². The third-order valence-electron chi connectivity index (χ3n) is 7.46. The Morgan fingerprint density at radius 2 is 1.81 bits per heavy atom. The summed E-state index contributed by atoms with van der Waals surface area (Å²) in [6.45, 7) is -0.516. The summed E-state index contributed by atoms with van der Waals surface area (Å²) in [4.78, 5) is 15.6. The highest BCUT2D eigenvalue weighted by Gasteiger charge is 2.52. The van der Waals surface area contributed by atoms with Crippen LogP contribution in [0.5, 0.6) is 0 Å². The van der Waals surface area contributed by atoms with Crippen molar-refractivity contribution in [3.05, 3.63) is 64.0 Å². The highest BCUT2D eigenvalue weighted by molar-refractivity contribution is 6.35. The molecule has 3 N–H and O–H groups in total. The van der Waals surface area contributed by atoms with Crippen molar-refractivity contribution in [1.29, 1.82) is 0 Å². The Balaban J connectivity index is 1.55. The van der Waals surface area contributed by atoms with Gasteiger partial charge in [0.25, 0.3) is 5.91 Å². The summed E-state index contributed by atoms with van der Waals surface area (Å²) in [6.07, 6.45) is -5.20. The highest BCUT2D eigenvalue weighted by Crippen LogP contribution is 2.37. The number of carbonyl (C=O) groups is 1. The molecule has 2 saturated heterocycles. The van der Waals surface area contributed by atoms with E-state index in [1.54, 1.807) is 0 Å². The minimum absolute atomic E-state index is 0.0467. The van der Waals surface area contributed by atoms with Crippen LogP contribution in [0.15, 0.2) is 36.5 Å². The summed E-state index contributed by atoms with van der Waals surface area (Å²) in [7, 11) is 1.26. The third-order valence-corrected chi connectivity index (χ3v) is 7.90. The first-order valence-electron chi connectivity index (χ1n) is 13.1. The number of hydrogen-bond donors (Lipinski definition) is 3. The van der Waals surface area contributed by atoms with Crippen LogP contribution < -0.4 is 4.90 Å². The third kappa shape index (κ3) is 6.24. The zero-order chi connectivity index (χ0) is 31.0. The lowest BCUT2D eigenvalue weighted by molar-refractivity contribution is -0.211. The van der Waals surface area contributed by atoms with Crippen LogP contribution in [0.4, 0.5) is 18.9 Å². The molecule has 11 nitrogen and oxygen atoms in total. The van der Waals surface area contributed by atoms with Crippen molar-refractivity contribution >= 4 is 34.8 Å². The molecule has 5 unspecified atom stereocenters. The van der Waals surface area contributed by atoms with Crippen LogP contribution in [-0.2, 0) is 19.0 Å². The quantitative estimate of drug-likeness (QED) is 0.331. The second-order valence-electron chi connectivity index (χ2n) is 10.1. The molecule has 0 saturated carbocycles. The first-order chi connectivity index (χ1) is 20.5. The maximum atomic E-state index is 14.4. The Bertz CT molecular complexity index is 1440. The van der Waals surface area contributed by atoms with Crippen LogP contribution in [0.1, 0.15) is 12.5 Å². The molecule has 2 fully saturated rings. The summed E-state index contributed by atoms with van der Waals surface area (Å²) in [6, 6.07) is 3.90. The number of amides is 1. The van der Waals surface area contributed by atoms with Crippen molar-refractivity contribution in [1.82, 2.24) is 15.0 Å². The summed E-state index contributed by atoms with van der Waals surface area (Å²) in [5.74, 6) is -5.24. The predicted octanol–water partition coefficient (Wildman–Crippen LogP) is 2.53. The molecule has 2 aromatic carbocycles. The van der Waals surface area contributed by atoms with Gasteiger partial charge >= 0.3 is 0 Å². The number of aromatic nitrogens is 3. The van der Waals surface area contributed by atoms with Gasteiger partial charge in [-0.1, -0.05) is 28.4 Å². The molecular weight excluding hydrogens is 620 g/mol. The molecule has 0 bridgehead atoms. The fraction of sp³-hybridized carbons (Fsp3) is 0.444. The number of benzene rings is 2. The number of halogens is 5. The molecule has 3 aromatic rings. The molecule has 232 valence electrons. The van der Waals surface area contributed by atoms with E-state index in [0.29, 0.717) is 0 Å². The van der Waals surface area contributed by atoms with Gasteiger partial charge in [0.2, 0.25) is 0 Å². The number of aliphatic hydroxyl groups excluding tert-OH is 3. The molecule has 2 aliphatic heterocycles. The van der Waals surface area contributed by atoms with Gasteiger partial charge in [-0.2, -0.15) is 0 Å². The second kappa shape index (κ2) is 13.0. The maximum Gasteiger partial charge on any atom is 0.259 e. The van der Waals surface area contributed by atoms with Crippen LogP contribution in [0.2, 0.25) is 10.0 Å². The summed E-state index contributed by atoms with van der Waals surface area (Å²) in [5, 5.41) is 40.4. The van der Waals surface area contributed by atoms with Crippen molar-refractivity contribution in [3.63, 3.8) is 0 Å². The molecule has 0 aliphatic carbocycles. The van der Waals surface area contributed by atoms with Crippen LogP contribution in [0.3, 0.4) is 0 Å². The normalized spacial score (nSPS) is 27.7. The SMILES string of the molecule is COC1C(C(=O)N(c2cc(Cl)cc(Cl)c2)[C@H]2CCOC[C@@H]2O)OC(CO)C(O)C1n1cc(-c2cc(F)c(F)c(F)c2)nn1. The highest BCUT2D eigenvalue weighted by atomic mass is 35.5. The molecule has 1 amide bonds. The zero-order valence-electron chi connectivity index (χ0n) is 22.5. The monoisotopic (exact) mass is 646 g/mol. The van der Waals surface area contributed by atoms with Gasteiger partial charge in [-0.25, -0.2) is 17.9 Å². The number of nitrogens with zero attached hydrogens (tertiary/aromatic N) is 4. The van der Waals surface area contributed by atoms with Crippen LogP contribution >= 0.6 is 23.2 Å². The van der Waals surface area contributed by atoms with E-state index in [1.807, 2.05) is 0 Å². The van der Waals surface area contributed by atoms with Gasteiger partial charge < -0.3 is 34.4 Å². The Hall–Kier alpha value is -2.82. The van der Waals surface area contributed by atoms with Gasteiger partial charge in [0.05, 0.1) is 31.6 Å². The van der Waals surface area contributed by atoms with Gasteiger partial charge in [-0.15, -0.1) is 5.10 Å². The molecule has 0 spiro atoms. The predicted molar refractivity (Wildman–Crippen MR) is 146 cm³/mol. The summed E-state index contributed by atoms with van der Waals surface area (Å²) in [5.41, 5.74) is 0.0378. The zero-order valence-corrected chi connectivity index (χ0v) is 24.0. The Morgan fingerprint density at radius 3 is 2.42 bits per heavy atom. The fourth-order valence-electron chi connectivity index (χ4n) is 5.43. The largest absolute Gasteiger partial charge is 0.394 e. The summed E-state index contributed by atoms with van der Waals surface area (Å²) >= 11 is 12.5. The first kappa shape index (κ1) is 31.6. The van der Waals surface area contributed by atoms with Crippen LogP contribution in [0, 0.1) is 17.5 Å². The smallest absolute Gasteiger partial charge is 0.259 e. The van der Waals surface area contributed by atoms with Gasteiger partial charge in [-0.05, 0) is 36.8 Å². The van der Waals surface area contributed by atoms with E-state index in [9.17, 15) is 33.3 Å². The lowest BCUT2D eigenvalue weighted by Gasteiger charge is -2.46. The minimum atomic E-state index is -1.65. The van der Waals surface area contributed by atoms with E-state index in [0.717, 1.165) is 16.8 Å². The molecule has 5 rings (SSSR count). The summed E-state index contributed by atoms with van der Waals surface area (Å²) < 4.78 is 59.3. The van der Waals surface area contributed by atoms with E-state index in [1.165, 1.54) is 36.4 Å². The van der Waals surface area contributed by atoms with Gasteiger partial charge in [0.1, 0.15) is 30.0 Å². The number of aliphatic hydroxyl groups is 3. The molecule has 0 radical (unpaired) electrons. The average molecular weight is 647 g/mol. The van der Waals surface area contributed by atoms with Crippen molar-refractivity contribution in [3.8, 4) is 11.3 Å². The number of rotatable bonds is 7. The Morgan fingerprint density at radius 1 is 1.14 bits per heavy atom. The lowest BCUT2D eigenvalue weighted by Crippen LogP contribution is -2.63. The van der Waals surface area contributed by atoms with Gasteiger partial charge in [-0.3, -0.25) is 4.79 Å². The fourth-order valence-corrected chi connectivity index (χ4v) is 5.94. The Labute approximate surface area is 253 Å². The van der Waals surface area contributed by atoms with Crippen LogP contribution in [0.25, 0.3) is 11.3 Å². The number of carbonyl (C=O) groups excluding carboxylic acids is 1. The molecule has 3 heterocycles. The van der Waals surface area contributed by atoms with Gasteiger partial charge in [0, 0.05) is 35.0 Å². The molecule has 1 aromatic heterocycles. The van der Waals surface area contributed by atoms with Crippen molar-refractivity contribution in [2.75, 3.05) is 31.8 Å². The van der Waals surface area contributed by atoms with E-state index >= 15 is 0 Å². The number of ether oxygens (including phenoxy) is 3. The van der Waals surface area contributed by atoms with E-state index in [2.05, 4.69) is 10.3 Å². The van der Waals surface area contributed by atoms with Crippen molar-refractivity contribution in [2.24, 2.45) is 0 Å².